The van der Waals surface area contributed by atoms with E-state index < -0.39 is 22.1 Å². The number of carbonyl (C=O) groups is 1. The normalized spacial score (nSPS) is 12.1. The maximum absolute atomic E-state index is 12.4. The minimum atomic E-state index is -1.20. The molecular weight excluding hydrogens is 520 g/mol. The van der Waals surface area contributed by atoms with Crippen LogP contribution < -0.4 is 9.47 Å². The summed E-state index contributed by atoms with van der Waals surface area (Å²) in [5.41, 5.74) is 0.742. The van der Waals surface area contributed by atoms with Crippen LogP contribution in [0.5, 0.6) is 11.5 Å². The van der Waals surface area contributed by atoms with Crippen LogP contribution in [0.1, 0.15) is 15.9 Å². The number of carbonyl (C=O) groups excluding carboxylic acids is 1. The third-order valence-electron chi connectivity index (χ3n) is 4.48. The van der Waals surface area contributed by atoms with E-state index in [1.165, 1.54) is 7.11 Å². The number of rotatable bonds is 13. The fourth-order valence-electron chi connectivity index (χ4n) is 2.45. The number of halogens is 2. The number of methoxy groups -OCH3 is 1. The van der Waals surface area contributed by atoms with Gasteiger partial charge in [-0.1, -0.05) is 50.9 Å². The Morgan fingerprint density at radius 3 is 1.77 bits per heavy atom. The minimum absolute atomic E-state index is 0.000295. The van der Waals surface area contributed by atoms with Gasteiger partial charge in [0.15, 0.2) is 25.1 Å². The van der Waals surface area contributed by atoms with E-state index in [0.29, 0.717) is 34.0 Å². The zero-order valence-corrected chi connectivity index (χ0v) is 24.3. The fourth-order valence-corrected chi connectivity index (χ4v) is 4.94. The van der Waals surface area contributed by atoms with Crippen molar-refractivity contribution in [3.8, 4) is 11.5 Å². The molecule has 0 spiro atoms. The van der Waals surface area contributed by atoms with Gasteiger partial charge in [0.25, 0.3) is 0 Å². The topological polar surface area (TPSA) is 63.2 Å². The quantitative estimate of drug-likeness (QED) is 0.119. The first-order valence-corrected chi connectivity index (χ1v) is 18.9. The van der Waals surface area contributed by atoms with E-state index in [4.69, 9.17) is 35.3 Å². The van der Waals surface area contributed by atoms with E-state index in [9.17, 15) is 4.79 Å². The van der Waals surface area contributed by atoms with Crippen molar-refractivity contribution in [2.45, 2.75) is 58.3 Å². The third-order valence-corrected chi connectivity index (χ3v) is 9.07. The highest BCUT2D eigenvalue weighted by atomic mass is 79.9. The molecule has 0 aliphatic carbocycles. The Labute approximate surface area is 202 Å². The number of benzene rings is 1. The molecule has 1 aromatic rings. The molecule has 0 saturated carbocycles. The summed E-state index contributed by atoms with van der Waals surface area (Å²) in [6.45, 7) is 16.7. The van der Waals surface area contributed by atoms with Gasteiger partial charge < -0.3 is 23.7 Å². The van der Waals surface area contributed by atoms with Crippen molar-refractivity contribution in [2.75, 3.05) is 33.9 Å². The van der Waals surface area contributed by atoms with Crippen molar-refractivity contribution in [1.82, 2.24) is 0 Å². The Morgan fingerprint density at radius 1 is 0.903 bits per heavy atom. The zero-order valence-electron chi connectivity index (χ0n) is 19.9. The molecule has 0 unspecified atom stereocenters. The summed E-state index contributed by atoms with van der Waals surface area (Å²) in [5.74, 6) is 0.0888. The van der Waals surface area contributed by atoms with Gasteiger partial charge in [0.1, 0.15) is 10.0 Å². The highest BCUT2D eigenvalue weighted by molar-refractivity contribution is 9.10. The molecule has 0 saturated heterocycles. The Hall–Kier alpha value is -0.586. The molecular formula is C21H36BrClO6Si2. The van der Waals surface area contributed by atoms with Gasteiger partial charge in [-0.25, -0.2) is 4.79 Å². The molecule has 178 valence electrons. The van der Waals surface area contributed by atoms with Crippen molar-refractivity contribution in [2.24, 2.45) is 0 Å². The maximum atomic E-state index is 12.4. The van der Waals surface area contributed by atoms with Crippen molar-refractivity contribution >= 4 is 49.6 Å². The van der Waals surface area contributed by atoms with Crippen molar-refractivity contribution in [1.29, 1.82) is 0 Å². The molecule has 0 atom stereocenters. The molecule has 1 aromatic carbocycles. The van der Waals surface area contributed by atoms with Crippen LogP contribution >= 0.6 is 27.5 Å². The summed E-state index contributed by atoms with van der Waals surface area (Å²) in [6, 6.07) is 2.05. The molecule has 10 heteroatoms. The highest BCUT2D eigenvalue weighted by Gasteiger charge is 2.27. The summed E-state index contributed by atoms with van der Waals surface area (Å²) in [4.78, 5) is 12.4. The van der Waals surface area contributed by atoms with E-state index in [0.717, 1.165) is 12.1 Å². The van der Waals surface area contributed by atoms with Crippen LogP contribution in [-0.2, 0) is 14.2 Å². The van der Waals surface area contributed by atoms with E-state index in [2.05, 4.69) is 55.2 Å². The Balaban J connectivity index is 2.98. The molecule has 0 aromatic heterocycles. The van der Waals surface area contributed by atoms with Crippen LogP contribution in [0.2, 0.25) is 56.4 Å². The smallest absolute Gasteiger partial charge is 0.342 e. The summed E-state index contributed by atoms with van der Waals surface area (Å²) in [6.07, 6.45) is 0. The average molecular weight is 556 g/mol. The Bertz CT molecular complexity index is 747. The predicted molar refractivity (Wildman–Crippen MR) is 134 cm³/mol. The molecule has 0 heterocycles. The molecule has 0 bridgehead atoms. The zero-order chi connectivity index (χ0) is 23.8. The molecule has 0 radical (unpaired) electrons. The molecule has 0 fully saturated rings. The lowest BCUT2D eigenvalue weighted by atomic mass is 10.1. The van der Waals surface area contributed by atoms with Gasteiger partial charge in [-0.3, -0.25) is 0 Å². The number of ether oxygens (including phenoxy) is 5. The summed E-state index contributed by atoms with van der Waals surface area (Å²) >= 11 is 9.98. The second-order valence-electron chi connectivity index (χ2n) is 9.74. The monoisotopic (exact) mass is 554 g/mol. The summed E-state index contributed by atoms with van der Waals surface area (Å²) in [7, 11) is -1.07. The molecule has 0 aliphatic rings. The van der Waals surface area contributed by atoms with Gasteiger partial charge in [0.05, 0.1) is 12.1 Å². The standard InChI is InChI=1S/C21H36BrClO6Si2/c1-15-16(21(24)25-2)19(28-13-26-9-11-30(3,4)5)17(22)20(18(15)23)29-14-27-10-12-31(6,7)8/h9-14H2,1-8H3. The van der Waals surface area contributed by atoms with Gasteiger partial charge in [0.2, 0.25) is 0 Å². The van der Waals surface area contributed by atoms with E-state index in [1.54, 1.807) is 6.92 Å². The molecule has 0 N–H and O–H groups in total. The summed E-state index contributed by atoms with van der Waals surface area (Å²) < 4.78 is 28.2. The van der Waals surface area contributed by atoms with Crippen molar-refractivity contribution in [3.63, 3.8) is 0 Å². The van der Waals surface area contributed by atoms with Crippen molar-refractivity contribution in [3.05, 3.63) is 20.6 Å². The summed E-state index contributed by atoms with van der Waals surface area (Å²) in [5, 5.41) is 0.299. The first-order chi connectivity index (χ1) is 14.3. The highest BCUT2D eigenvalue weighted by Crippen LogP contribution is 2.45. The van der Waals surface area contributed by atoms with Gasteiger partial charge in [-0.15, -0.1) is 0 Å². The van der Waals surface area contributed by atoms with Crippen LogP contribution in [0, 0.1) is 6.92 Å². The molecule has 0 aliphatic heterocycles. The second kappa shape index (κ2) is 12.6. The molecule has 0 amide bonds. The van der Waals surface area contributed by atoms with Crippen LogP contribution in [-0.4, -0.2) is 56.0 Å². The first-order valence-electron chi connectivity index (χ1n) is 10.3. The Morgan fingerprint density at radius 2 is 1.35 bits per heavy atom. The van der Waals surface area contributed by atoms with E-state index in [1.807, 2.05) is 0 Å². The third kappa shape index (κ3) is 9.83. The number of hydrogen-bond donors (Lipinski definition) is 0. The maximum Gasteiger partial charge on any atom is 0.342 e. The van der Waals surface area contributed by atoms with Crippen molar-refractivity contribution < 1.29 is 28.5 Å². The first kappa shape index (κ1) is 28.4. The lowest BCUT2D eigenvalue weighted by molar-refractivity contribution is 0.0161. The SMILES string of the molecule is COC(=O)c1c(C)c(Cl)c(OCOCC[Si](C)(C)C)c(Br)c1OCOCC[Si](C)(C)C. The molecule has 31 heavy (non-hydrogen) atoms. The van der Waals surface area contributed by atoms with Gasteiger partial charge >= 0.3 is 5.97 Å². The molecule has 6 nitrogen and oxygen atoms in total. The van der Waals surface area contributed by atoms with Crippen LogP contribution in [0.15, 0.2) is 4.47 Å². The van der Waals surface area contributed by atoms with Gasteiger partial charge in [0, 0.05) is 29.4 Å². The van der Waals surface area contributed by atoms with Crippen LogP contribution in [0.4, 0.5) is 0 Å². The lowest BCUT2D eigenvalue weighted by Crippen LogP contribution is -2.22. The minimum Gasteiger partial charge on any atom is -0.465 e. The van der Waals surface area contributed by atoms with Crippen LogP contribution in [0.25, 0.3) is 0 Å². The fraction of sp³-hybridized carbons (Fsp3) is 0.667. The Kier molecular flexibility index (Phi) is 11.6. The van der Waals surface area contributed by atoms with Crippen LogP contribution in [0.3, 0.4) is 0 Å². The van der Waals surface area contributed by atoms with Gasteiger partial charge in [-0.2, -0.15) is 0 Å². The second-order valence-corrected chi connectivity index (χ2v) is 22.2. The lowest BCUT2D eigenvalue weighted by Gasteiger charge is -2.20. The average Bonchev–Trinajstić information content (AvgIpc) is 2.65. The number of hydrogen-bond acceptors (Lipinski definition) is 6. The van der Waals surface area contributed by atoms with Gasteiger partial charge in [-0.05, 0) is 40.5 Å². The van der Waals surface area contributed by atoms with E-state index >= 15 is 0 Å². The van der Waals surface area contributed by atoms with E-state index in [-0.39, 0.29) is 24.9 Å². The largest absolute Gasteiger partial charge is 0.465 e. The number of esters is 1. The predicted octanol–water partition coefficient (Wildman–Crippen LogP) is 6.58. The molecule has 1 rings (SSSR count).